The Kier molecular flexibility index (Phi) is 6.55. The van der Waals surface area contributed by atoms with Crippen molar-refractivity contribution in [2.45, 2.75) is 58.4 Å². The molecular weight excluding hydrogens is 198 g/mol. The highest BCUT2D eigenvalue weighted by Gasteiger charge is 2.24. The van der Waals surface area contributed by atoms with Crippen molar-refractivity contribution in [3.63, 3.8) is 0 Å². The summed E-state index contributed by atoms with van der Waals surface area (Å²) in [6.07, 6.45) is 9.74. The molecule has 2 nitrogen and oxygen atoms in total. The van der Waals surface area contributed by atoms with E-state index in [0.717, 1.165) is 12.5 Å². The third-order valence-electron chi connectivity index (χ3n) is 3.37. The first kappa shape index (κ1) is 13.6. The van der Waals surface area contributed by atoms with E-state index in [0.29, 0.717) is 6.04 Å². The van der Waals surface area contributed by atoms with Crippen LogP contribution in [0.3, 0.4) is 0 Å². The second-order valence-electron chi connectivity index (χ2n) is 4.70. The van der Waals surface area contributed by atoms with Crippen LogP contribution in [-0.4, -0.2) is 19.7 Å². The highest BCUT2D eigenvalue weighted by molar-refractivity contribution is 5.07. The van der Waals surface area contributed by atoms with E-state index < -0.39 is 0 Å². The minimum Gasteiger partial charge on any atom is -0.497 e. The molecule has 0 amide bonds. The Hall–Kier alpha value is -0.500. The second kappa shape index (κ2) is 7.72. The Bertz CT molecular complexity index is 207. The molecule has 1 atom stereocenters. The summed E-state index contributed by atoms with van der Waals surface area (Å²) in [7, 11) is 2.06. The molecule has 0 fully saturated rings. The number of hydrogen-bond acceptors (Lipinski definition) is 2. The van der Waals surface area contributed by atoms with Gasteiger partial charge in [-0.05, 0) is 44.7 Å². The van der Waals surface area contributed by atoms with Crippen LogP contribution in [0.25, 0.3) is 0 Å². The molecule has 0 aromatic heterocycles. The number of likely N-dealkylation sites (N-methyl/N-ethyl adjacent to an activating group) is 1. The van der Waals surface area contributed by atoms with Crippen molar-refractivity contribution in [3.8, 4) is 0 Å². The molecule has 0 aliphatic carbocycles. The third-order valence-corrected chi connectivity index (χ3v) is 3.37. The Morgan fingerprint density at radius 2 is 2.00 bits per heavy atom. The van der Waals surface area contributed by atoms with Gasteiger partial charge < -0.3 is 10.1 Å². The molecule has 0 bridgehead atoms. The first-order valence-corrected chi connectivity index (χ1v) is 6.83. The fourth-order valence-electron chi connectivity index (χ4n) is 2.62. The van der Waals surface area contributed by atoms with Crippen molar-refractivity contribution in [2.24, 2.45) is 5.92 Å². The predicted molar refractivity (Wildman–Crippen MR) is 69.4 cm³/mol. The van der Waals surface area contributed by atoms with Crippen LogP contribution in [0.2, 0.25) is 0 Å². The average molecular weight is 225 g/mol. The largest absolute Gasteiger partial charge is 0.497 e. The molecule has 0 spiro atoms. The zero-order valence-corrected chi connectivity index (χ0v) is 11.1. The van der Waals surface area contributed by atoms with Gasteiger partial charge in [-0.25, -0.2) is 0 Å². The lowest BCUT2D eigenvalue weighted by Crippen LogP contribution is -2.37. The van der Waals surface area contributed by atoms with Crippen LogP contribution < -0.4 is 5.32 Å². The van der Waals surface area contributed by atoms with Gasteiger partial charge in [0.15, 0.2) is 0 Å². The van der Waals surface area contributed by atoms with Crippen molar-refractivity contribution in [3.05, 3.63) is 11.8 Å². The first-order valence-electron chi connectivity index (χ1n) is 6.83. The fourth-order valence-corrected chi connectivity index (χ4v) is 2.62. The van der Waals surface area contributed by atoms with Gasteiger partial charge in [0.2, 0.25) is 0 Å². The minimum absolute atomic E-state index is 0.431. The third kappa shape index (κ3) is 3.82. The molecule has 0 saturated heterocycles. The summed E-state index contributed by atoms with van der Waals surface area (Å²) in [4.78, 5) is 0. The molecule has 0 radical (unpaired) electrons. The molecule has 1 rings (SSSR count). The van der Waals surface area contributed by atoms with Gasteiger partial charge in [0.1, 0.15) is 5.76 Å². The molecular formula is C14H27NO. The van der Waals surface area contributed by atoms with E-state index in [9.17, 15) is 0 Å². The molecule has 1 heterocycles. The van der Waals surface area contributed by atoms with Crippen molar-refractivity contribution < 1.29 is 4.74 Å². The maximum atomic E-state index is 5.80. The van der Waals surface area contributed by atoms with Crippen molar-refractivity contribution >= 4 is 0 Å². The number of ether oxygens (including phenoxy) is 1. The van der Waals surface area contributed by atoms with Gasteiger partial charge in [-0.3, -0.25) is 0 Å². The number of hydrogen-bond donors (Lipinski definition) is 1. The lowest BCUT2D eigenvalue weighted by Gasteiger charge is -2.30. The van der Waals surface area contributed by atoms with E-state index in [1.165, 1.54) is 44.3 Å². The molecule has 1 unspecified atom stereocenters. The summed E-state index contributed by atoms with van der Waals surface area (Å²) in [6.45, 7) is 5.44. The van der Waals surface area contributed by atoms with Gasteiger partial charge in [-0.1, -0.05) is 26.7 Å². The first-order chi connectivity index (χ1) is 7.83. The molecule has 0 aromatic rings. The van der Waals surface area contributed by atoms with Crippen LogP contribution in [0, 0.1) is 5.92 Å². The molecule has 1 aliphatic heterocycles. The van der Waals surface area contributed by atoms with E-state index in [2.05, 4.69) is 32.3 Å². The van der Waals surface area contributed by atoms with E-state index in [-0.39, 0.29) is 0 Å². The lowest BCUT2D eigenvalue weighted by atomic mass is 9.88. The van der Waals surface area contributed by atoms with Gasteiger partial charge in [-0.2, -0.15) is 0 Å². The van der Waals surface area contributed by atoms with E-state index in [1.54, 1.807) is 0 Å². The summed E-state index contributed by atoms with van der Waals surface area (Å²) in [5.41, 5.74) is 0. The molecule has 0 aromatic carbocycles. The zero-order chi connectivity index (χ0) is 11.8. The van der Waals surface area contributed by atoms with Gasteiger partial charge in [-0.15, -0.1) is 0 Å². The average Bonchev–Trinajstić information content (AvgIpc) is 2.32. The van der Waals surface area contributed by atoms with E-state index >= 15 is 0 Å². The SMILES string of the molecule is CCCC(CCC)C(NC)C1=CCCCO1. The summed E-state index contributed by atoms with van der Waals surface area (Å²) >= 11 is 0. The van der Waals surface area contributed by atoms with Crippen molar-refractivity contribution in [1.29, 1.82) is 0 Å². The molecule has 0 saturated carbocycles. The quantitative estimate of drug-likeness (QED) is 0.716. The summed E-state index contributed by atoms with van der Waals surface area (Å²) in [5.74, 6) is 1.92. The van der Waals surface area contributed by atoms with Crippen LogP contribution in [0.1, 0.15) is 52.4 Å². The van der Waals surface area contributed by atoms with Gasteiger partial charge in [0.25, 0.3) is 0 Å². The monoisotopic (exact) mass is 225 g/mol. The van der Waals surface area contributed by atoms with Crippen LogP contribution >= 0.6 is 0 Å². The number of allylic oxidation sites excluding steroid dienone is 1. The molecule has 1 N–H and O–H groups in total. The van der Waals surface area contributed by atoms with Crippen LogP contribution in [0.5, 0.6) is 0 Å². The maximum absolute atomic E-state index is 5.80. The van der Waals surface area contributed by atoms with Crippen molar-refractivity contribution in [2.75, 3.05) is 13.7 Å². The molecule has 16 heavy (non-hydrogen) atoms. The predicted octanol–water partition coefficient (Wildman–Crippen LogP) is 3.49. The van der Waals surface area contributed by atoms with Gasteiger partial charge in [0.05, 0.1) is 12.6 Å². The van der Waals surface area contributed by atoms with Crippen LogP contribution in [-0.2, 0) is 4.74 Å². The maximum Gasteiger partial charge on any atom is 0.109 e. The lowest BCUT2D eigenvalue weighted by molar-refractivity contribution is 0.148. The highest BCUT2D eigenvalue weighted by atomic mass is 16.5. The van der Waals surface area contributed by atoms with Gasteiger partial charge >= 0.3 is 0 Å². The minimum atomic E-state index is 0.431. The summed E-state index contributed by atoms with van der Waals surface area (Å²) in [6, 6.07) is 0.431. The second-order valence-corrected chi connectivity index (χ2v) is 4.70. The smallest absolute Gasteiger partial charge is 0.109 e. The topological polar surface area (TPSA) is 21.3 Å². The Labute approximate surface area is 100 Å². The Morgan fingerprint density at radius 3 is 2.44 bits per heavy atom. The fraction of sp³-hybridized carbons (Fsp3) is 0.857. The number of nitrogens with one attached hydrogen (secondary N) is 1. The van der Waals surface area contributed by atoms with E-state index in [4.69, 9.17) is 4.74 Å². The van der Waals surface area contributed by atoms with E-state index in [1.807, 2.05) is 0 Å². The highest BCUT2D eigenvalue weighted by Crippen LogP contribution is 2.25. The molecule has 94 valence electrons. The standard InChI is InChI=1S/C14H27NO/c1-4-8-12(9-5-2)14(15-3)13-10-6-7-11-16-13/h10,12,14-15H,4-9,11H2,1-3H3. The van der Waals surface area contributed by atoms with Gasteiger partial charge in [0, 0.05) is 0 Å². The summed E-state index contributed by atoms with van der Waals surface area (Å²) < 4.78 is 5.80. The molecule has 2 heteroatoms. The Morgan fingerprint density at radius 1 is 1.31 bits per heavy atom. The zero-order valence-electron chi connectivity index (χ0n) is 11.1. The normalized spacial score (nSPS) is 18.1. The van der Waals surface area contributed by atoms with Crippen LogP contribution in [0.15, 0.2) is 11.8 Å². The Balaban J connectivity index is 2.64. The van der Waals surface area contributed by atoms with Crippen molar-refractivity contribution in [1.82, 2.24) is 5.32 Å². The molecule has 1 aliphatic rings. The number of rotatable bonds is 7. The van der Waals surface area contributed by atoms with Crippen LogP contribution in [0.4, 0.5) is 0 Å². The summed E-state index contributed by atoms with van der Waals surface area (Å²) in [5, 5.41) is 3.45.